The van der Waals surface area contributed by atoms with Gasteiger partial charge in [0.05, 0.1) is 29.2 Å². The van der Waals surface area contributed by atoms with Gasteiger partial charge in [0.25, 0.3) is 0 Å². The topological polar surface area (TPSA) is 49.7 Å². The fourth-order valence-corrected chi connectivity index (χ4v) is 4.51. The van der Waals surface area contributed by atoms with E-state index in [2.05, 4.69) is 35.7 Å². The minimum absolute atomic E-state index is 0.0586. The van der Waals surface area contributed by atoms with Crippen molar-refractivity contribution in [3.05, 3.63) is 59.4 Å². The second kappa shape index (κ2) is 7.62. The van der Waals surface area contributed by atoms with Crippen molar-refractivity contribution in [1.82, 2.24) is 20.0 Å². The van der Waals surface area contributed by atoms with Crippen LogP contribution in [0.2, 0.25) is 0 Å². The molecule has 1 N–H and O–H groups in total. The van der Waals surface area contributed by atoms with E-state index in [-0.39, 0.29) is 11.5 Å². The summed E-state index contributed by atoms with van der Waals surface area (Å²) in [4.78, 5) is 1.89. The lowest BCUT2D eigenvalue weighted by atomic mass is 9.96. The average molecular weight is 424 g/mol. The van der Waals surface area contributed by atoms with E-state index in [0.717, 1.165) is 60.4 Å². The van der Waals surface area contributed by atoms with Crippen molar-refractivity contribution in [3.8, 4) is 11.3 Å². The number of halogens is 2. The second-order valence-corrected chi connectivity index (χ2v) is 8.70. The van der Waals surface area contributed by atoms with Gasteiger partial charge in [0.2, 0.25) is 0 Å². The maximum Gasteiger partial charge on any atom is 0.140 e. The molecule has 0 saturated heterocycles. The molecule has 5 rings (SSSR count). The molecule has 2 aromatic heterocycles. The van der Waals surface area contributed by atoms with Crippen molar-refractivity contribution >= 4 is 11.5 Å². The number of hydrogen-bond acceptors (Lipinski definition) is 3. The number of rotatable bonds is 6. The molecule has 1 saturated carbocycles. The predicted octanol–water partition coefficient (Wildman–Crippen LogP) is 5.82. The smallest absolute Gasteiger partial charge is 0.140 e. The van der Waals surface area contributed by atoms with Gasteiger partial charge in [-0.1, -0.05) is 20.4 Å². The Kier molecular flexibility index (Phi) is 4.91. The summed E-state index contributed by atoms with van der Waals surface area (Å²) in [5.74, 6) is 0.317. The summed E-state index contributed by atoms with van der Waals surface area (Å²) >= 11 is 0. The highest BCUT2D eigenvalue weighted by Crippen LogP contribution is 2.43. The molecule has 0 bridgehead atoms. The van der Waals surface area contributed by atoms with Crippen LogP contribution in [0, 0.1) is 11.6 Å². The minimum Gasteiger partial charge on any atom is -0.326 e. The van der Waals surface area contributed by atoms with E-state index in [1.54, 1.807) is 0 Å². The quantitative estimate of drug-likeness (QED) is 0.543. The zero-order valence-corrected chi connectivity index (χ0v) is 18.0. The average Bonchev–Trinajstić information content (AvgIpc) is 3.34. The Morgan fingerprint density at radius 2 is 1.97 bits per heavy atom. The van der Waals surface area contributed by atoms with Crippen molar-refractivity contribution in [3.63, 3.8) is 0 Å². The molecule has 0 unspecified atom stereocenters. The summed E-state index contributed by atoms with van der Waals surface area (Å²) < 4.78 is 31.9. The number of nitrogens with one attached hydrogen (secondary N) is 1. The summed E-state index contributed by atoms with van der Waals surface area (Å²) in [5, 5.41) is 11.9. The van der Waals surface area contributed by atoms with Gasteiger partial charge in [-0.25, -0.2) is 13.5 Å². The van der Waals surface area contributed by atoms with Crippen molar-refractivity contribution in [1.29, 1.82) is 0 Å². The first-order valence-corrected chi connectivity index (χ1v) is 11.0. The molecule has 7 heteroatoms. The van der Waals surface area contributed by atoms with E-state index in [0.29, 0.717) is 18.2 Å². The molecule has 1 aromatic carbocycles. The number of aryl methyl sites for hydroxylation is 1. The first kappa shape index (κ1) is 20.0. The molecule has 1 aliphatic heterocycles. The first-order valence-electron chi connectivity index (χ1n) is 11.0. The molecule has 162 valence electrons. The van der Waals surface area contributed by atoms with Crippen molar-refractivity contribution < 1.29 is 8.78 Å². The van der Waals surface area contributed by atoms with Gasteiger partial charge in [0.15, 0.2) is 0 Å². The third-order valence-corrected chi connectivity index (χ3v) is 6.63. The number of aromatic amines is 1. The Morgan fingerprint density at radius 1 is 1.23 bits per heavy atom. The maximum atomic E-state index is 15.0. The predicted molar refractivity (Wildman–Crippen MR) is 118 cm³/mol. The van der Waals surface area contributed by atoms with Gasteiger partial charge >= 0.3 is 0 Å². The maximum absolute atomic E-state index is 15.0. The van der Waals surface area contributed by atoms with Gasteiger partial charge in [-0.05, 0) is 55.2 Å². The monoisotopic (exact) mass is 423 g/mol. The SMILES string of the molecule is C=C(c1c(F)cc(C2CC2)cc1F)N1CCCn2ncc(-c3[nH]ncc3[C@H](C)CC)c21. The fourth-order valence-electron chi connectivity index (χ4n) is 4.51. The molecule has 1 aliphatic carbocycles. The van der Waals surface area contributed by atoms with E-state index in [9.17, 15) is 0 Å². The number of aromatic nitrogens is 4. The molecule has 2 aliphatic rings. The number of hydrogen-bond donors (Lipinski definition) is 1. The van der Waals surface area contributed by atoms with Crippen LogP contribution in [0.5, 0.6) is 0 Å². The van der Waals surface area contributed by atoms with E-state index in [1.807, 2.05) is 22.0 Å². The molecule has 0 spiro atoms. The van der Waals surface area contributed by atoms with Crippen LogP contribution in [0.1, 0.15) is 68.1 Å². The van der Waals surface area contributed by atoms with Gasteiger partial charge in [0.1, 0.15) is 17.5 Å². The van der Waals surface area contributed by atoms with Gasteiger partial charge in [-0.2, -0.15) is 10.2 Å². The van der Waals surface area contributed by atoms with Crippen molar-refractivity contribution in [2.24, 2.45) is 0 Å². The molecule has 0 amide bonds. The van der Waals surface area contributed by atoms with Crippen LogP contribution < -0.4 is 4.90 Å². The molecular weight excluding hydrogens is 396 g/mol. The summed E-state index contributed by atoms with van der Waals surface area (Å²) in [6.07, 6.45) is 7.45. The van der Waals surface area contributed by atoms with Crippen LogP contribution >= 0.6 is 0 Å². The molecule has 3 aromatic rings. The Morgan fingerprint density at radius 3 is 2.65 bits per heavy atom. The van der Waals surface area contributed by atoms with Crippen molar-refractivity contribution in [2.45, 2.75) is 57.9 Å². The third kappa shape index (κ3) is 3.36. The van der Waals surface area contributed by atoms with Gasteiger partial charge in [0, 0.05) is 24.4 Å². The lowest BCUT2D eigenvalue weighted by Gasteiger charge is -2.32. The largest absolute Gasteiger partial charge is 0.326 e. The number of nitrogens with zero attached hydrogens (tertiary/aromatic N) is 4. The highest BCUT2D eigenvalue weighted by Gasteiger charge is 2.31. The lowest BCUT2D eigenvalue weighted by molar-refractivity contribution is 0.538. The minimum atomic E-state index is -0.549. The van der Waals surface area contributed by atoms with Gasteiger partial charge in [-0.3, -0.25) is 5.10 Å². The lowest BCUT2D eigenvalue weighted by Crippen LogP contribution is -2.31. The number of anilines is 1. The van der Waals surface area contributed by atoms with E-state index < -0.39 is 11.6 Å². The van der Waals surface area contributed by atoms with Crippen LogP contribution in [-0.2, 0) is 6.54 Å². The van der Waals surface area contributed by atoms with Crippen molar-refractivity contribution in [2.75, 3.05) is 11.4 Å². The standard InChI is InChI=1S/C24H27F2N5/c1-4-14(2)18-12-27-29-23(18)19-13-28-31-9-5-8-30(24(19)31)15(3)22-20(25)10-17(11-21(22)26)16-6-7-16/h10-14,16H,3-9H2,1-2H3,(H,27,29)/t14-/m1/s1. The van der Waals surface area contributed by atoms with Crippen LogP contribution in [0.15, 0.2) is 31.1 Å². The summed E-state index contributed by atoms with van der Waals surface area (Å²) in [6, 6.07) is 2.94. The Balaban J connectivity index is 1.57. The Labute approximate surface area is 180 Å². The molecule has 5 nitrogen and oxygen atoms in total. The fraction of sp³-hybridized carbons (Fsp3) is 0.417. The number of fused-ring (bicyclic) bond motifs is 1. The van der Waals surface area contributed by atoms with E-state index in [1.165, 1.54) is 12.1 Å². The molecule has 1 atom stereocenters. The van der Waals surface area contributed by atoms with Crippen LogP contribution in [0.4, 0.5) is 14.6 Å². The van der Waals surface area contributed by atoms with E-state index in [4.69, 9.17) is 0 Å². The normalized spacial score (nSPS) is 17.0. The highest BCUT2D eigenvalue weighted by molar-refractivity contribution is 5.86. The zero-order chi connectivity index (χ0) is 21.7. The molecule has 1 fully saturated rings. The number of benzene rings is 1. The number of H-pyrrole nitrogens is 1. The molecule has 31 heavy (non-hydrogen) atoms. The molecule has 0 radical (unpaired) electrons. The third-order valence-electron chi connectivity index (χ3n) is 6.63. The summed E-state index contributed by atoms with van der Waals surface area (Å²) in [5.41, 5.74) is 3.90. The highest BCUT2D eigenvalue weighted by atomic mass is 19.1. The van der Waals surface area contributed by atoms with Crippen LogP contribution in [0.3, 0.4) is 0 Å². The molecular formula is C24H27F2N5. The Bertz CT molecular complexity index is 1120. The van der Waals surface area contributed by atoms with Gasteiger partial charge < -0.3 is 4.90 Å². The van der Waals surface area contributed by atoms with E-state index >= 15 is 8.78 Å². The van der Waals surface area contributed by atoms with Gasteiger partial charge in [-0.15, -0.1) is 0 Å². The first-order chi connectivity index (χ1) is 15.0. The molecule has 3 heterocycles. The van der Waals surface area contributed by atoms with Crippen LogP contribution in [-0.4, -0.2) is 26.5 Å². The summed E-state index contributed by atoms with van der Waals surface area (Å²) in [7, 11) is 0. The second-order valence-electron chi connectivity index (χ2n) is 8.70. The Hall–Kier alpha value is -2.96. The zero-order valence-electron chi connectivity index (χ0n) is 18.0. The van der Waals surface area contributed by atoms with Crippen LogP contribution in [0.25, 0.3) is 17.0 Å². The summed E-state index contributed by atoms with van der Waals surface area (Å²) in [6.45, 7) is 9.78.